The minimum Gasteiger partial charge on any atom is -0.367 e. The Kier molecular flexibility index (Phi) is 6.07. The third-order valence-electron chi connectivity index (χ3n) is 4.01. The zero-order valence-corrected chi connectivity index (χ0v) is 15.9. The number of nitrogens with zero attached hydrogens (tertiary/aromatic N) is 2. The molecule has 6 nitrogen and oxygen atoms in total. The minimum atomic E-state index is -4.52. The lowest BCUT2D eigenvalue weighted by Crippen LogP contribution is -2.29. The van der Waals surface area contributed by atoms with Crippen molar-refractivity contribution in [3.8, 4) is 11.3 Å². The van der Waals surface area contributed by atoms with Crippen molar-refractivity contribution in [3.05, 3.63) is 64.5 Å². The predicted molar refractivity (Wildman–Crippen MR) is 102 cm³/mol. The first-order valence-corrected chi connectivity index (χ1v) is 8.91. The molecule has 0 aliphatic heterocycles. The van der Waals surface area contributed by atoms with Crippen molar-refractivity contribution in [1.29, 1.82) is 0 Å². The summed E-state index contributed by atoms with van der Waals surface area (Å²) in [6.45, 7) is 2.02. The molecule has 0 saturated carbocycles. The first-order valence-electron chi connectivity index (χ1n) is 8.54. The maximum absolute atomic E-state index is 12.6. The molecule has 2 aromatic heterocycles. The summed E-state index contributed by atoms with van der Waals surface area (Å²) < 4.78 is 43.1. The number of benzene rings is 1. The van der Waals surface area contributed by atoms with Crippen molar-refractivity contribution in [2.45, 2.75) is 13.1 Å². The van der Waals surface area contributed by atoms with Crippen LogP contribution in [0.15, 0.2) is 47.1 Å². The first kappa shape index (κ1) is 20.7. The number of aromatic nitrogens is 2. The third-order valence-corrected chi connectivity index (χ3v) is 4.30. The number of nitrogens with one attached hydrogen (secondary N) is 2. The van der Waals surface area contributed by atoms with E-state index in [4.69, 9.17) is 16.1 Å². The Bertz CT molecular complexity index is 1010. The fourth-order valence-corrected chi connectivity index (χ4v) is 2.83. The highest BCUT2D eigenvalue weighted by Crippen LogP contribution is 2.32. The zero-order chi connectivity index (χ0) is 21.0. The van der Waals surface area contributed by atoms with Gasteiger partial charge in [0.15, 0.2) is 0 Å². The summed E-state index contributed by atoms with van der Waals surface area (Å²) in [5.41, 5.74) is 0.564. The van der Waals surface area contributed by atoms with E-state index in [1.165, 1.54) is 0 Å². The number of anilines is 1. The van der Waals surface area contributed by atoms with Crippen LogP contribution >= 0.6 is 11.6 Å². The quantitative estimate of drug-likeness (QED) is 0.567. The van der Waals surface area contributed by atoms with E-state index in [0.717, 1.165) is 11.6 Å². The van der Waals surface area contributed by atoms with Crippen LogP contribution in [-0.4, -0.2) is 29.1 Å². The highest BCUT2D eigenvalue weighted by atomic mass is 35.5. The summed E-state index contributed by atoms with van der Waals surface area (Å²) >= 11 is 5.83. The molecule has 2 heterocycles. The van der Waals surface area contributed by atoms with Crippen LogP contribution in [0.3, 0.4) is 0 Å². The van der Waals surface area contributed by atoms with Crippen molar-refractivity contribution in [2.75, 3.05) is 18.4 Å². The molecule has 0 bridgehead atoms. The maximum Gasteiger partial charge on any atom is 0.417 e. The van der Waals surface area contributed by atoms with Gasteiger partial charge in [0, 0.05) is 24.8 Å². The van der Waals surface area contributed by atoms with Gasteiger partial charge in [-0.05, 0) is 13.0 Å². The van der Waals surface area contributed by atoms with E-state index in [9.17, 15) is 18.0 Å². The molecule has 0 saturated heterocycles. The summed E-state index contributed by atoms with van der Waals surface area (Å²) in [6.07, 6.45) is -3.82. The molecule has 0 radical (unpaired) electrons. The molecule has 10 heteroatoms. The Morgan fingerprint density at radius 1 is 1.21 bits per heavy atom. The van der Waals surface area contributed by atoms with Gasteiger partial charge in [-0.3, -0.25) is 4.79 Å². The maximum atomic E-state index is 12.6. The standard InChI is InChI=1S/C19H16ClF3N4O2/c1-11-15(16(27-29-11)12-5-3-2-4-6-12)18(28)25-8-7-24-17-14(20)9-13(10-26-17)19(21,22)23/h2-6,9-10H,7-8H2,1H3,(H,24,26)(H,25,28). The van der Waals surface area contributed by atoms with Crippen LogP contribution in [0.25, 0.3) is 11.3 Å². The number of hydrogen-bond donors (Lipinski definition) is 2. The summed E-state index contributed by atoms with van der Waals surface area (Å²) in [6, 6.07) is 9.92. The van der Waals surface area contributed by atoms with Gasteiger partial charge in [-0.1, -0.05) is 47.1 Å². The number of aryl methyl sites for hydroxylation is 1. The minimum absolute atomic E-state index is 0.0973. The van der Waals surface area contributed by atoms with Crippen LogP contribution in [0.5, 0.6) is 0 Å². The van der Waals surface area contributed by atoms with Crippen molar-refractivity contribution < 1.29 is 22.5 Å². The number of pyridine rings is 1. The summed E-state index contributed by atoms with van der Waals surface area (Å²) in [4.78, 5) is 16.2. The Morgan fingerprint density at radius 3 is 2.59 bits per heavy atom. The van der Waals surface area contributed by atoms with E-state index < -0.39 is 11.7 Å². The fourth-order valence-electron chi connectivity index (χ4n) is 2.60. The van der Waals surface area contributed by atoms with Gasteiger partial charge in [0.2, 0.25) is 0 Å². The average molecular weight is 425 g/mol. The van der Waals surface area contributed by atoms with Gasteiger partial charge in [-0.25, -0.2) is 4.98 Å². The number of carbonyl (C=O) groups excluding carboxylic acids is 1. The van der Waals surface area contributed by atoms with E-state index in [-0.39, 0.29) is 29.8 Å². The topological polar surface area (TPSA) is 80.0 Å². The summed E-state index contributed by atoms with van der Waals surface area (Å²) in [7, 11) is 0. The molecule has 1 aromatic carbocycles. The summed E-state index contributed by atoms with van der Waals surface area (Å²) in [5.74, 6) is 0.0951. The molecule has 0 aliphatic rings. The number of hydrogen-bond acceptors (Lipinski definition) is 5. The number of rotatable bonds is 6. The molecule has 0 spiro atoms. The van der Waals surface area contributed by atoms with E-state index in [1.807, 2.05) is 30.3 Å². The van der Waals surface area contributed by atoms with Crippen LogP contribution in [0, 0.1) is 6.92 Å². The number of amides is 1. The van der Waals surface area contributed by atoms with Gasteiger partial charge in [0.05, 0.1) is 10.6 Å². The fraction of sp³-hybridized carbons (Fsp3) is 0.211. The molecule has 152 valence electrons. The smallest absolute Gasteiger partial charge is 0.367 e. The van der Waals surface area contributed by atoms with Gasteiger partial charge in [-0.15, -0.1) is 0 Å². The SMILES string of the molecule is Cc1onc(-c2ccccc2)c1C(=O)NCCNc1ncc(C(F)(F)F)cc1Cl. The molecule has 3 aromatic rings. The second-order valence-electron chi connectivity index (χ2n) is 6.06. The van der Waals surface area contributed by atoms with Gasteiger partial charge in [0.1, 0.15) is 22.8 Å². The second-order valence-corrected chi connectivity index (χ2v) is 6.47. The molecule has 0 fully saturated rings. The van der Waals surface area contributed by atoms with Crippen LogP contribution in [0.4, 0.5) is 19.0 Å². The van der Waals surface area contributed by atoms with Gasteiger partial charge in [0.25, 0.3) is 5.91 Å². The van der Waals surface area contributed by atoms with Crippen molar-refractivity contribution >= 4 is 23.3 Å². The Morgan fingerprint density at radius 2 is 1.93 bits per heavy atom. The third kappa shape index (κ3) is 4.86. The number of carbonyl (C=O) groups is 1. The van der Waals surface area contributed by atoms with Gasteiger partial charge < -0.3 is 15.2 Å². The molecule has 3 rings (SSSR count). The molecule has 2 N–H and O–H groups in total. The lowest BCUT2D eigenvalue weighted by atomic mass is 10.1. The predicted octanol–water partition coefficient (Wildman–Crippen LogP) is 4.56. The van der Waals surface area contributed by atoms with Crippen molar-refractivity contribution in [3.63, 3.8) is 0 Å². The monoisotopic (exact) mass is 424 g/mol. The van der Waals surface area contributed by atoms with E-state index in [2.05, 4.69) is 20.8 Å². The zero-order valence-electron chi connectivity index (χ0n) is 15.2. The van der Waals surface area contributed by atoms with Crippen LogP contribution in [0.2, 0.25) is 5.02 Å². The van der Waals surface area contributed by atoms with Gasteiger partial charge >= 0.3 is 6.18 Å². The van der Waals surface area contributed by atoms with Crippen molar-refractivity contribution in [2.24, 2.45) is 0 Å². The molecular weight excluding hydrogens is 409 g/mol. The molecule has 29 heavy (non-hydrogen) atoms. The van der Waals surface area contributed by atoms with Gasteiger partial charge in [-0.2, -0.15) is 13.2 Å². The molecule has 0 unspecified atom stereocenters. The summed E-state index contributed by atoms with van der Waals surface area (Å²) in [5, 5.41) is 9.29. The second kappa shape index (κ2) is 8.52. The molecule has 0 aliphatic carbocycles. The van der Waals surface area contributed by atoms with Crippen LogP contribution in [0.1, 0.15) is 21.7 Å². The van der Waals surface area contributed by atoms with Crippen LogP contribution in [-0.2, 0) is 6.18 Å². The van der Waals surface area contributed by atoms with E-state index in [0.29, 0.717) is 23.2 Å². The normalized spacial score (nSPS) is 11.3. The Hall–Kier alpha value is -3.07. The van der Waals surface area contributed by atoms with E-state index >= 15 is 0 Å². The first-order chi connectivity index (χ1) is 13.8. The number of halogens is 4. The number of alkyl halides is 3. The van der Waals surface area contributed by atoms with Crippen molar-refractivity contribution in [1.82, 2.24) is 15.5 Å². The Balaban J connectivity index is 1.60. The largest absolute Gasteiger partial charge is 0.417 e. The average Bonchev–Trinajstić information content (AvgIpc) is 3.07. The van der Waals surface area contributed by atoms with Crippen LogP contribution < -0.4 is 10.6 Å². The highest BCUT2D eigenvalue weighted by Gasteiger charge is 2.31. The molecule has 0 atom stereocenters. The highest BCUT2D eigenvalue weighted by molar-refractivity contribution is 6.32. The lowest BCUT2D eigenvalue weighted by molar-refractivity contribution is -0.137. The lowest BCUT2D eigenvalue weighted by Gasteiger charge is -2.11. The molecule has 1 amide bonds. The van der Waals surface area contributed by atoms with E-state index in [1.54, 1.807) is 6.92 Å². The Labute approximate surface area is 169 Å². The molecular formula is C19H16ClF3N4O2.